The zero-order chi connectivity index (χ0) is 33.7. The Hall–Kier alpha value is -3.12. The number of carbonyl (C=O) groups excluding carboxylic acids is 2. The maximum absolute atomic E-state index is 14.9. The number of hydrogen-bond donors (Lipinski definition) is 1. The number of urea groups is 1. The summed E-state index contributed by atoms with van der Waals surface area (Å²) in [5.74, 6) is 0.584. The van der Waals surface area contributed by atoms with Gasteiger partial charge in [0.2, 0.25) is 0 Å². The van der Waals surface area contributed by atoms with Gasteiger partial charge in [-0.1, -0.05) is 29.8 Å². The Bertz CT molecular complexity index is 1750. The van der Waals surface area contributed by atoms with E-state index in [0.29, 0.717) is 43.8 Å². The number of carbonyl (C=O) groups is 2. The first-order chi connectivity index (χ1) is 23.0. The normalized spacial score (nSPS) is 31.9. The van der Waals surface area contributed by atoms with E-state index in [4.69, 9.17) is 25.8 Å². The Labute approximate surface area is 288 Å². The summed E-state index contributed by atoms with van der Waals surface area (Å²) in [6.45, 7) is 6.38. The number of ether oxygens (including phenoxy) is 3. The minimum absolute atomic E-state index is 0.0975. The molecular weight excluding hydrogens is 652 g/mol. The van der Waals surface area contributed by atoms with Crippen molar-refractivity contribution < 1.29 is 28.0 Å². The van der Waals surface area contributed by atoms with Gasteiger partial charge in [0.05, 0.1) is 29.9 Å². The molecule has 3 amide bonds. The zero-order valence-corrected chi connectivity index (χ0v) is 29.5. The van der Waals surface area contributed by atoms with E-state index in [2.05, 4.69) is 26.1 Å². The molecule has 3 aliphatic heterocycles. The minimum atomic E-state index is -3.76. The fourth-order valence-corrected chi connectivity index (χ4v) is 9.58. The fraction of sp³-hybridized carbons (Fsp3) is 0.556. The van der Waals surface area contributed by atoms with Gasteiger partial charge in [-0.25, -0.2) is 13.7 Å². The largest absolute Gasteiger partial charge is 0.490 e. The lowest BCUT2D eigenvalue weighted by molar-refractivity contribution is -0.137. The zero-order valence-electron chi connectivity index (χ0n) is 27.9. The van der Waals surface area contributed by atoms with Crippen molar-refractivity contribution in [3.8, 4) is 5.75 Å². The quantitative estimate of drug-likeness (QED) is 0.390. The number of aryl methyl sites for hydroxylation is 1. The number of hydrogen-bond acceptors (Lipinski definition) is 7. The Kier molecular flexibility index (Phi) is 9.02. The molecule has 2 aromatic rings. The van der Waals surface area contributed by atoms with Crippen LogP contribution >= 0.6 is 11.6 Å². The van der Waals surface area contributed by atoms with Crippen molar-refractivity contribution in [3.05, 3.63) is 64.7 Å². The first-order valence-electron chi connectivity index (χ1n) is 17.0. The molecule has 5 aliphatic rings. The lowest BCUT2D eigenvalue weighted by atomic mass is 9.68. The molecule has 7 rings (SSSR count). The monoisotopic (exact) mass is 696 g/mol. The number of likely N-dealkylation sites (tertiary alicyclic amines) is 1. The van der Waals surface area contributed by atoms with E-state index in [1.54, 1.807) is 44.1 Å². The van der Waals surface area contributed by atoms with Gasteiger partial charge in [-0.3, -0.25) is 4.79 Å². The maximum Gasteiger partial charge on any atom is 0.330 e. The first-order valence-corrected chi connectivity index (χ1v) is 18.9. The average Bonchev–Trinajstić information content (AvgIpc) is 3.16. The average molecular weight is 697 g/mol. The molecule has 2 aromatic carbocycles. The molecule has 1 N–H and O–H groups in total. The van der Waals surface area contributed by atoms with E-state index in [1.165, 1.54) is 11.1 Å². The third kappa shape index (κ3) is 6.23. The predicted octanol–water partition coefficient (Wildman–Crippen LogP) is 5.90. The number of halogens is 1. The standard InChI is InChI=1S/C36H45ClN4O6S/c1-35(2)33(42)38-48(44,39-34(43)40-16-6-17-40)27-11-14-32-30(20-27)41(21-25-9-12-28(25)31(45-3)8-5-18-47-35)22-36(23-46-32)15-4-7-24-19-26(37)10-13-29(24)36/h5,8,10-11,13-14,19-20,25,28,31H,4,6-7,9,12,15-18,21-23H2,1-3H3,(H,38,39,42,43,44)/b8-5-/t25-,28+,31-,36-,48?/m0/s1. The van der Waals surface area contributed by atoms with Gasteiger partial charge in [-0.15, -0.1) is 4.36 Å². The number of nitrogens with zero attached hydrogens (tertiary/aromatic N) is 3. The van der Waals surface area contributed by atoms with Crippen molar-refractivity contribution in [2.24, 2.45) is 16.2 Å². The molecule has 2 aliphatic carbocycles. The van der Waals surface area contributed by atoms with Crippen LogP contribution in [0.2, 0.25) is 5.02 Å². The number of anilines is 1. The van der Waals surface area contributed by atoms with Gasteiger partial charge in [-0.05, 0) is 106 Å². The lowest BCUT2D eigenvalue weighted by Gasteiger charge is -2.46. The van der Waals surface area contributed by atoms with Crippen LogP contribution in [0.4, 0.5) is 10.5 Å². The third-order valence-electron chi connectivity index (χ3n) is 10.9. The second-order valence-corrected chi connectivity index (χ2v) is 16.7. The predicted molar refractivity (Wildman–Crippen MR) is 185 cm³/mol. The Balaban J connectivity index is 1.36. The molecule has 1 saturated heterocycles. The van der Waals surface area contributed by atoms with Gasteiger partial charge in [0.1, 0.15) is 11.4 Å². The minimum Gasteiger partial charge on any atom is -0.490 e. The third-order valence-corrected chi connectivity index (χ3v) is 12.9. The molecule has 5 atom stereocenters. The summed E-state index contributed by atoms with van der Waals surface area (Å²) in [5, 5.41) is 0.733. The molecule has 2 fully saturated rings. The summed E-state index contributed by atoms with van der Waals surface area (Å²) >= 11 is 6.46. The van der Waals surface area contributed by atoms with E-state index in [1.807, 2.05) is 18.2 Å². The highest BCUT2D eigenvalue weighted by atomic mass is 35.5. The van der Waals surface area contributed by atoms with Crippen LogP contribution in [0.3, 0.4) is 0 Å². The molecule has 12 heteroatoms. The summed E-state index contributed by atoms with van der Waals surface area (Å²) < 4.78 is 40.4. The van der Waals surface area contributed by atoms with Crippen molar-refractivity contribution in [2.75, 3.05) is 51.4 Å². The molecular formula is C36H45ClN4O6S. The summed E-state index contributed by atoms with van der Waals surface area (Å²) in [6, 6.07) is 11.0. The van der Waals surface area contributed by atoms with Gasteiger partial charge in [0, 0.05) is 43.7 Å². The number of nitrogens with one attached hydrogen (secondary N) is 1. The van der Waals surface area contributed by atoms with Crippen LogP contribution in [-0.2, 0) is 36.0 Å². The van der Waals surface area contributed by atoms with E-state index in [9.17, 15) is 13.8 Å². The van der Waals surface area contributed by atoms with Gasteiger partial charge >= 0.3 is 6.03 Å². The van der Waals surface area contributed by atoms with E-state index in [-0.39, 0.29) is 23.0 Å². The molecule has 258 valence electrons. The van der Waals surface area contributed by atoms with Crippen LogP contribution < -0.4 is 14.4 Å². The van der Waals surface area contributed by atoms with Crippen LogP contribution in [-0.4, -0.2) is 79.3 Å². The second-order valence-electron chi connectivity index (χ2n) is 14.4. The molecule has 0 aromatic heterocycles. The summed E-state index contributed by atoms with van der Waals surface area (Å²) in [4.78, 5) is 31.1. The van der Waals surface area contributed by atoms with Gasteiger partial charge in [0.25, 0.3) is 5.91 Å². The number of amides is 3. The smallest absolute Gasteiger partial charge is 0.330 e. The highest BCUT2D eigenvalue weighted by Gasteiger charge is 2.45. The SMILES string of the molecule is CO[C@H]1/C=C\COC(C)(C)C(=O)N=S(=O)(NC(=O)N2CCC2)c2ccc3c(c2)N(C[C@@H]2CC[C@H]21)C[C@@]1(CCCc2cc(Cl)ccc21)CO3. The lowest BCUT2D eigenvalue weighted by Crippen LogP contribution is -2.50. The van der Waals surface area contributed by atoms with Crippen LogP contribution in [0.15, 0.2) is 57.8 Å². The number of benzene rings is 2. The van der Waals surface area contributed by atoms with Gasteiger partial charge in [0.15, 0.2) is 9.92 Å². The summed E-state index contributed by atoms with van der Waals surface area (Å²) in [6.07, 6.45) is 9.71. The first kappa shape index (κ1) is 33.4. The van der Waals surface area contributed by atoms with Crippen molar-refractivity contribution >= 4 is 39.1 Å². The highest BCUT2D eigenvalue weighted by molar-refractivity contribution is 7.92. The van der Waals surface area contributed by atoms with Crippen molar-refractivity contribution in [3.63, 3.8) is 0 Å². The fourth-order valence-electron chi connectivity index (χ4n) is 7.77. The summed E-state index contributed by atoms with van der Waals surface area (Å²) in [5.41, 5.74) is 1.61. The van der Waals surface area contributed by atoms with Gasteiger partial charge in [-0.2, -0.15) is 0 Å². The number of rotatable bonds is 2. The maximum atomic E-state index is 14.9. The van der Waals surface area contributed by atoms with Crippen LogP contribution in [0, 0.1) is 11.8 Å². The van der Waals surface area contributed by atoms with E-state index < -0.39 is 27.5 Å². The van der Waals surface area contributed by atoms with Crippen molar-refractivity contribution in [2.45, 2.75) is 74.4 Å². The van der Waals surface area contributed by atoms with Gasteiger partial charge < -0.3 is 24.0 Å². The molecule has 48 heavy (non-hydrogen) atoms. The Morgan fingerprint density at radius 2 is 1.98 bits per heavy atom. The topological polar surface area (TPSA) is 110 Å². The summed E-state index contributed by atoms with van der Waals surface area (Å²) in [7, 11) is -2.02. The number of fused-ring (bicyclic) bond motifs is 4. The van der Waals surface area contributed by atoms with Crippen molar-refractivity contribution in [1.82, 2.24) is 9.62 Å². The number of methoxy groups -OCH3 is 1. The molecule has 3 heterocycles. The molecule has 1 unspecified atom stereocenters. The van der Waals surface area contributed by atoms with E-state index >= 15 is 0 Å². The van der Waals surface area contributed by atoms with Crippen LogP contribution in [0.5, 0.6) is 5.75 Å². The molecule has 2 bridgehead atoms. The van der Waals surface area contributed by atoms with Crippen LogP contribution in [0.25, 0.3) is 0 Å². The Morgan fingerprint density at radius 1 is 1.15 bits per heavy atom. The molecule has 10 nitrogen and oxygen atoms in total. The molecule has 0 radical (unpaired) electrons. The van der Waals surface area contributed by atoms with E-state index in [0.717, 1.165) is 55.8 Å². The molecule has 1 saturated carbocycles. The van der Waals surface area contributed by atoms with Crippen LogP contribution in [0.1, 0.15) is 57.1 Å². The second kappa shape index (κ2) is 13.0. The van der Waals surface area contributed by atoms with Crippen molar-refractivity contribution in [1.29, 1.82) is 0 Å². The highest BCUT2D eigenvalue weighted by Crippen LogP contribution is 2.47. The molecule has 1 spiro atoms. The Morgan fingerprint density at radius 3 is 2.71 bits per heavy atom.